The SMILES string of the molecule is CC(=O)N(CCC(=O)Nc1cc(Cl)ccc1Cl)C(C)C. The van der Waals surface area contributed by atoms with Gasteiger partial charge in [-0.05, 0) is 32.0 Å². The zero-order valence-electron chi connectivity index (χ0n) is 11.7. The molecule has 0 aliphatic heterocycles. The number of hydrogen-bond donors (Lipinski definition) is 1. The highest BCUT2D eigenvalue weighted by atomic mass is 35.5. The molecule has 0 aliphatic rings. The van der Waals surface area contributed by atoms with Crippen LogP contribution in [-0.4, -0.2) is 29.3 Å². The normalized spacial score (nSPS) is 10.5. The van der Waals surface area contributed by atoms with Gasteiger partial charge in [0.2, 0.25) is 11.8 Å². The summed E-state index contributed by atoms with van der Waals surface area (Å²) in [5, 5.41) is 3.61. The minimum absolute atomic E-state index is 0.0476. The van der Waals surface area contributed by atoms with E-state index in [0.29, 0.717) is 22.3 Å². The summed E-state index contributed by atoms with van der Waals surface area (Å²) in [6.45, 7) is 5.68. The summed E-state index contributed by atoms with van der Waals surface area (Å²) in [5.74, 6) is -0.255. The first kappa shape index (κ1) is 16.8. The van der Waals surface area contributed by atoms with Crippen LogP contribution in [0, 0.1) is 0 Å². The van der Waals surface area contributed by atoms with Crippen molar-refractivity contribution in [3.8, 4) is 0 Å². The first-order valence-corrected chi connectivity index (χ1v) is 7.09. The number of halogens is 2. The van der Waals surface area contributed by atoms with E-state index in [1.165, 1.54) is 6.92 Å². The van der Waals surface area contributed by atoms with Gasteiger partial charge in [-0.3, -0.25) is 9.59 Å². The van der Waals surface area contributed by atoms with E-state index in [4.69, 9.17) is 23.2 Å². The Morgan fingerprint density at radius 2 is 1.95 bits per heavy atom. The number of carbonyl (C=O) groups is 2. The lowest BCUT2D eigenvalue weighted by molar-refractivity contribution is -0.130. The molecule has 1 N–H and O–H groups in total. The van der Waals surface area contributed by atoms with Gasteiger partial charge in [0.05, 0.1) is 10.7 Å². The maximum absolute atomic E-state index is 11.9. The van der Waals surface area contributed by atoms with Crippen molar-refractivity contribution in [2.45, 2.75) is 33.2 Å². The number of rotatable bonds is 5. The highest BCUT2D eigenvalue weighted by molar-refractivity contribution is 6.35. The molecule has 0 aliphatic carbocycles. The molecule has 4 nitrogen and oxygen atoms in total. The maximum Gasteiger partial charge on any atom is 0.226 e. The number of carbonyl (C=O) groups excluding carboxylic acids is 2. The summed E-state index contributed by atoms with van der Waals surface area (Å²) >= 11 is 11.8. The molecule has 2 amide bonds. The maximum atomic E-state index is 11.9. The molecule has 110 valence electrons. The predicted octanol–water partition coefficient (Wildman–Crippen LogP) is 3.58. The molecule has 0 unspecified atom stereocenters. The van der Waals surface area contributed by atoms with E-state index < -0.39 is 0 Å². The van der Waals surface area contributed by atoms with Crippen LogP contribution in [0.2, 0.25) is 10.0 Å². The molecule has 0 heterocycles. The summed E-state index contributed by atoms with van der Waals surface area (Å²) < 4.78 is 0. The molecule has 0 spiro atoms. The highest BCUT2D eigenvalue weighted by Gasteiger charge is 2.14. The summed E-state index contributed by atoms with van der Waals surface area (Å²) in [6.07, 6.45) is 0.209. The Labute approximate surface area is 129 Å². The molecule has 1 rings (SSSR count). The van der Waals surface area contributed by atoms with E-state index in [1.54, 1.807) is 23.1 Å². The Bertz CT molecular complexity index is 504. The highest BCUT2D eigenvalue weighted by Crippen LogP contribution is 2.25. The average molecular weight is 317 g/mol. The van der Waals surface area contributed by atoms with Crippen LogP contribution < -0.4 is 5.32 Å². The van der Waals surface area contributed by atoms with Gasteiger partial charge in [-0.1, -0.05) is 23.2 Å². The predicted molar refractivity (Wildman–Crippen MR) is 82.2 cm³/mol. The molecule has 0 saturated heterocycles. The third-order valence-electron chi connectivity index (χ3n) is 2.81. The number of nitrogens with zero attached hydrogens (tertiary/aromatic N) is 1. The van der Waals surface area contributed by atoms with Gasteiger partial charge < -0.3 is 10.2 Å². The monoisotopic (exact) mass is 316 g/mol. The largest absolute Gasteiger partial charge is 0.340 e. The second-order valence-corrected chi connectivity index (χ2v) is 5.57. The van der Waals surface area contributed by atoms with Gasteiger partial charge >= 0.3 is 0 Å². The fourth-order valence-electron chi connectivity index (χ4n) is 1.81. The van der Waals surface area contributed by atoms with Crippen molar-refractivity contribution in [1.82, 2.24) is 4.90 Å². The number of nitrogens with one attached hydrogen (secondary N) is 1. The third kappa shape index (κ3) is 5.02. The van der Waals surface area contributed by atoms with E-state index in [1.807, 2.05) is 13.8 Å². The lowest BCUT2D eigenvalue weighted by atomic mass is 10.2. The third-order valence-corrected chi connectivity index (χ3v) is 3.37. The molecule has 6 heteroatoms. The van der Waals surface area contributed by atoms with Crippen LogP contribution in [0.5, 0.6) is 0 Å². The Balaban J connectivity index is 2.60. The van der Waals surface area contributed by atoms with Gasteiger partial charge in [-0.2, -0.15) is 0 Å². The molecule has 0 fully saturated rings. The lowest BCUT2D eigenvalue weighted by Gasteiger charge is -2.25. The van der Waals surface area contributed by atoms with E-state index in [-0.39, 0.29) is 24.3 Å². The van der Waals surface area contributed by atoms with Crippen LogP contribution in [0.25, 0.3) is 0 Å². The van der Waals surface area contributed by atoms with Crippen molar-refractivity contribution in [2.24, 2.45) is 0 Å². The minimum atomic E-state index is -0.207. The van der Waals surface area contributed by atoms with Gasteiger partial charge in [0, 0.05) is 31.0 Å². The standard InChI is InChI=1S/C14H18Cl2N2O2/c1-9(2)18(10(3)19)7-6-14(20)17-13-8-11(15)4-5-12(13)16/h4-5,8-9H,6-7H2,1-3H3,(H,17,20). The van der Waals surface area contributed by atoms with Crippen LogP contribution in [0.15, 0.2) is 18.2 Å². The Kier molecular flexibility index (Phi) is 6.30. The number of hydrogen-bond acceptors (Lipinski definition) is 2. The van der Waals surface area contributed by atoms with Crippen LogP contribution in [0.1, 0.15) is 27.2 Å². The molecule has 0 saturated carbocycles. The Hall–Kier alpha value is -1.26. The van der Waals surface area contributed by atoms with E-state index in [9.17, 15) is 9.59 Å². The van der Waals surface area contributed by atoms with Crippen LogP contribution in [0.4, 0.5) is 5.69 Å². The zero-order valence-corrected chi connectivity index (χ0v) is 13.3. The first-order valence-electron chi connectivity index (χ1n) is 6.33. The van der Waals surface area contributed by atoms with Crippen molar-refractivity contribution in [3.63, 3.8) is 0 Å². The van der Waals surface area contributed by atoms with E-state index in [2.05, 4.69) is 5.32 Å². The van der Waals surface area contributed by atoms with Gasteiger partial charge in [0.25, 0.3) is 0 Å². The van der Waals surface area contributed by atoms with Crippen molar-refractivity contribution < 1.29 is 9.59 Å². The molecular formula is C14H18Cl2N2O2. The van der Waals surface area contributed by atoms with E-state index in [0.717, 1.165) is 0 Å². The summed E-state index contributed by atoms with van der Waals surface area (Å²) in [5.41, 5.74) is 0.475. The smallest absolute Gasteiger partial charge is 0.226 e. The lowest BCUT2D eigenvalue weighted by Crippen LogP contribution is -2.37. The quantitative estimate of drug-likeness (QED) is 0.902. The van der Waals surface area contributed by atoms with Crippen molar-refractivity contribution in [3.05, 3.63) is 28.2 Å². The summed E-state index contributed by atoms with van der Waals surface area (Å²) in [6, 6.07) is 4.92. The fraction of sp³-hybridized carbons (Fsp3) is 0.429. The molecular weight excluding hydrogens is 299 g/mol. The van der Waals surface area contributed by atoms with Crippen molar-refractivity contribution >= 4 is 40.7 Å². The van der Waals surface area contributed by atoms with Crippen LogP contribution >= 0.6 is 23.2 Å². The second-order valence-electron chi connectivity index (χ2n) is 4.73. The molecule has 0 bridgehead atoms. The summed E-state index contributed by atoms with van der Waals surface area (Å²) in [4.78, 5) is 24.9. The second kappa shape index (κ2) is 7.50. The first-order chi connectivity index (χ1) is 9.31. The Morgan fingerprint density at radius 1 is 1.30 bits per heavy atom. The Morgan fingerprint density at radius 3 is 2.50 bits per heavy atom. The van der Waals surface area contributed by atoms with E-state index >= 15 is 0 Å². The molecule has 1 aromatic rings. The van der Waals surface area contributed by atoms with Gasteiger partial charge in [-0.15, -0.1) is 0 Å². The molecule has 0 aromatic heterocycles. The van der Waals surface area contributed by atoms with Crippen molar-refractivity contribution in [1.29, 1.82) is 0 Å². The van der Waals surface area contributed by atoms with Crippen molar-refractivity contribution in [2.75, 3.05) is 11.9 Å². The summed E-state index contributed by atoms with van der Waals surface area (Å²) in [7, 11) is 0. The van der Waals surface area contributed by atoms with Gasteiger partial charge in [0.1, 0.15) is 0 Å². The molecule has 20 heavy (non-hydrogen) atoms. The zero-order chi connectivity index (χ0) is 15.3. The van der Waals surface area contributed by atoms with Crippen LogP contribution in [0.3, 0.4) is 0 Å². The topological polar surface area (TPSA) is 49.4 Å². The number of amides is 2. The molecule has 1 aromatic carbocycles. The number of benzene rings is 1. The molecule has 0 radical (unpaired) electrons. The molecule has 0 atom stereocenters. The fourth-order valence-corrected chi connectivity index (χ4v) is 2.14. The number of anilines is 1. The van der Waals surface area contributed by atoms with Crippen LogP contribution in [-0.2, 0) is 9.59 Å². The van der Waals surface area contributed by atoms with Gasteiger partial charge in [-0.25, -0.2) is 0 Å². The average Bonchev–Trinajstić information content (AvgIpc) is 2.33. The van der Waals surface area contributed by atoms with Gasteiger partial charge in [0.15, 0.2) is 0 Å². The minimum Gasteiger partial charge on any atom is -0.340 e.